The number of aromatic nitrogens is 2. The summed E-state index contributed by atoms with van der Waals surface area (Å²) in [5.74, 6) is 0. The van der Waals surface area contributed by atoms with E-state index in [4.69, 9.17) is 4.52 Å². The summed E-state index contributed by atoms with van der Waals surface area (Å²) < 4.78 is 4.80. The van der Waals surface area contributed by atoms with E-state index < -0.39 is 0 Å². The molecular formula is C13H15N3O2. The second-order valence-corrected chi connectivity index (χ2v) is 4.57. The summed E-state index contributed by atoms with van der Waals surface area (Å²) in [6.07, 6.45) is 4.69. The molecule has 0 amide bonds. The minimum atomic E-state index is -0.0223. The predicted octanol–water partition coefficient (Wildman–Crippen LogP) is 1.53. The number of fused-ring (bicyclic) bond motifs is 1. The van der Waals surface area contributed by atoms with Crippen molar-refractivity contribution in [3.05, 3.63) is 51.8 Å². The molecule has 94 valence electrons. The largest absolute Gasteiger partial charge is 0.364 e. The molecule has 2 aromatic heterocycles. The van der Waals surface area contributed by atoms with Gasteiger partial charge in [-0.15, -0.1) is 0 Å². The molecule has 0 saturated heterocycles. The van der Waals surface area contributed by atoms with E-state index in [1.165, 1.54) is 5.56 Å². The van der Waals surface area contributed by atoms with Crippen molar-refractivity contribution in [2.45, 2.75) is 31.8 Å². The number of nitrogens with one attached hydrogen (secondary N) is 2. The number of hydrogen-bond acceptors (Lipinski definition) is 4. The van der Waals surface area contributed by atoms with E-state index in [0.29, 0.717) is 6.54 Å². The summed E-state index contributed by atoms with van der Waals surface area (Å²) in [6.45, 7) is 0.680. The molecule has 1 aliphatic carbocycles. The van der Waals surface area contributed by atoms with Crippen LogP contribution in [0.25, 0.3) is 0 Å². The Balaban J connectivity index is 1.77. The van der Waals surface area contributed by atoms with Crippen LogP contribution in [0.5, 0.6) is 0 Å². The lowest BCUT2D eigenvalue weighted by molar-refractivity contribution is 0.398. The predicted molar refractivity (Wildman–Crippen MR) is 66.1 cm³/mol. The van der Waals surface area contributed by atoms with Crippen LogP contribution in [0.1, 0.15) is 35.8 Å². The van der Waals surface area contributed by atoms with Gasteiger partial charge in [0.15, 0.2) is 0 Å². The van der Waals surface area contributed by atoms with Gasteiger partial charge in [-0.2, -0.15) is 0 Å². The van der Waals surface area contributed by atoms with Crippen molar-refractivity contribution in [3.8, 4) is 0 Å². The Hall–Kier alpha value is -1.88. The summed E-state index contributed by atoms with van der Waals surface area (Å²) in [4.78, 5) is 14.2. The van der Waals surface area contributed by atoms with Gasteiger partial charge in [0.1, 0.15) is 6.26 Å². The van der Waals surface area contributed by atoms with E-state index in [2.05, 4.69) is 15.5 Å². The van der Waals surface area contributed by atoms with Crippen LogP contribution in [0.15, 0.2) is 33.8 Å². The van der Waals surface area contributed by atoms with Gasteiger partial charge < -0.3 is 14.8 Å². The van der Waals surface area contributed by atoms with Crippen molar-refractivity contribution < 1.29 is 4.52 Å². The third-order valence-corrected chi connectivity index (χ3v) is 3.35. The zero-order chi connectivity index (χ0) is 12.4. The highest BCUT2D eigenvalue weighted by Crippen LogP contribution is 2.27. The molecular weight excluding hydrogens is 230 g/mol. The molecule has 2 heterocycles. The zero-order valence-electron chi connectivity index (χ0n) is 9.98. The van der Waals surface area contributed by atoms with Crippen LogP contribution >= 0.6 is 0 Å². The van der Waals surface area contributed by atoms with Gasteiger partial charge in [0.25, 0.3) is 0 Å². The van der Waals surface area contributed by atoms with Crippen LogP contribution in [0.2, 0.25) is 0 Å². The first kappa shape index (κ1) is 11.2. The Morgan fingerprint density at radius 1 is 1.44 bits per heavy atom. The second-order valence-electron chi connectivity index (χ2n) is 4.57. The normalized spacial score (nSPS) is 18.6. The van der Waals surface area contributed by atoms with Crippen LogP contribution in [0.3, 0.4) is 0 Å². The van der Waals surface area contributed by atoms with Crippen molar-refractivity contribution in [2.75, 3.05) is 0 Å². The summed E-state index contributed by atoms with van der Waals surface area (Å²) >= 11 is 0. The van der Waals surface area contributed by atoms with E-state index in [1.807, 2.05) is 12.1 Å². The van der Waals surface area contributed by atoms with Crippen molar-refractivity contribution in [2.24, 2.45) is 0 Å². The first-order chi connectivity index (χ1) is 8.83. The Kier molecular flexibility index (Phi) is 2.98. The summed E-state index contributed by atoms with van der Waals surface area (Å²) in [5, 5.41) is 7.33. The number of aromatic amines is 1. The summed E-state index contributed by atoms with van der Waals surface area (Å²) in [5.41, 5.74) is 3.13. The van der Waals surface area contributed by atoms with Gasteiger partial charge in [-0.3, -0.25) is 4.79 Å². The minimum Gasteiger partial charge on any atom is -0.364 e. The fourth-order valence-corrected chi connectivity index (χ4v) is 2.47. The molecule has 18 heavy (non-hydrogen) atoms. The maximum Gasteiger partial charge on any atom is 0.248 e. The van der Waals surface area contributed by atoms with Crippen LogP contribution < -0.4 is 10.9 Å². The maximum absolute atomic E-state index is 11.3. The highest BCUT2D eigenvalue weighted by atomic mass is 16.5. The lowest BCUT2D eigenvalue weighted by atomic mass is 9.91. The molecule has 1 atom stereocenters. The fraction of sp³-hybridized carbons (Fsp3) is 0.385. The average molecular weight is 245 g/mol. The average Bonchev–Trinajstić information content (AvgIpc) is 2.89. The molecule has 0 saturated carbocycles. The van der Waals surface area contributed by atoms with Crippen molar-refractivity contribution in [1.82, 2.24) is 15.5 Å². The van der Waals surface area contributed by atoms with E-state index in [9.17, 15) is 4.79 Å². The molecule has 1 aliphatic rings. The quantitative estimate of drug-likeness (QED) is 0.860. The Morgan fingerprint density at radius 2 is 2.39 bits per heavy atom. The first-order valence-corrected chi connectivity index (χ1v) is 6.17. The van der Waals surface area contributed by atoms with Crippen LogP contribution in [-0.4, -0.2) is 10.1 Å². The molecule has 5 nitrogen and oxygen atoms in total. The van der Waals surface area contributed by atoms with E-state index in [1.54, 1.807) is 12.3 Å². The molecule has 1 unspecified atom stereocenters. The fourth-order valence-electron chi connectivity index (χ4n) is 2.47. The van der Waals surface area contributed by atoms with Gasteiger partial charge >= 0.3 is 0 Å². The van der Waals surface area contributed by atoms with Gasteiger partial charge in [0, 0.05) is 30.4 Å². The molecule has 0 radical (unpaired) electrons. The van der Waals surface area contributed by atoms with Gasteiger partial charge in [0.05, 0.1) is 5.69 Å². The second kappa shape index (κ2) is 4.78. The third-order valence-electron chi connectivity index (χ3n) is 3.35. The number of nitrogens with zero attached hydrogens (tertiary/aromatic N) is 1. The van der Waals surface area contributed by atoms with Crippen LogP contribution in [-0.2, 0) is 13.0 Å². The maximum atomic E-state index is 11.3. The Bertz CT molecular complexity index is 574. The van der Waals surface area contributed by atoms with Crippen molar-refractivity contribution >= 4 is 0 Å². The standard InChI is InChI=1S/C13H15N3O2/c17-13-5-4-10-11(2-1-3-12(10)15-13)14-8-9-6-7-18-16-9/h4-7,11,14H,1-3,8H2,(H,15,17). The number of H-pyrrole nitrogens is 1. The van der Waals surface area contributed by atoms with E-state index in [0.717, 1.165) is 30.7 Å². The highest BCUT2D eigenvalue weighted by molar-refractivity contribution is 5.26. The molecule has 2 aromatic rings. The highest BCUT2D eigenvalue weighted by Gasteiger charge is 2.20. The molecule has 0 bridgehead atoms. The molecule has 0 aliphatic heterocycles. The summed E-state index contributed by atoms with van der Waals surface area (Å²) in [6, 6.07) is 5.65. The molecule has 0 spiro atoms. The Labute approximate surface area is 104 Å². The first-order valence-electron chi connectivity index (χ1n) is 6.17. The van der Waals surface area contributed by atoms with Gasteiger partial charge in [0.2, 0.25) is 5.56 Å². The summed E-state index contributed by atoms with van der Waals surface area (Å²) in [7, 11) is 0. The Morgan fingerprint density at radius 3 is 3.22 bits per heavy atom. The van der Waals surface area contributed by atoms with Crippen molar-refractivity contribution in [3.63, 3.8) is 0 Å². The van der Waals surface area contributed by atoms with E-state index >= 15 is 0 Å². The zero-order valence-corrected chi connectivity index (χ0v) is 9.98. The van der Waals surface area contributed by atoms with E-state index in [-0.39, 0.29) is 11.6 Å². The molecule has 2 N–H and O–H groups in total. The third kappa shape index (κ3) is 2.22. The molecule has 0 fully saturated rings. The number of aryl methyl sites for hydroxylation is 1. The lowest BCUT2D eigenvalue weighted by Gasteiger charge is -2.25. The monoisotopic (exact) mass is 245 g/mol. The molecule has 0 aromatic carbocycles. The SMILES string of the molecule is O=c1ccc2c([nH]1)CCCC2NCc1ccon1. The minimum absolute atomic E-state index is 0.0223. The smallest absolute Gasteiger partial charge is 0.248 e. The van der Waals surface area contributed by atoms with Crippen molar-refractivity contribution in [1.29, 1.82) is 0 Å². The van der Waals surface area contributed by atoms with Crippen LogP contribution in [0, 0.1) is 0 Å². The molecule has 3 rings (SSSR count). The molecule has 5 heteroatoms. The number of hydrogen-bond donors (Lipinski definition) is 2. The van der Waals surface area contributed by atoms with Gasteiger partial charge in [-0.05, 0) is 24.8 Å². The lowest BCUT2D eigenvalue weighted by Crippen LogP contribution is -2.27. The number of rotatable bonds is 3. The topological polar surface area (TPSA) is 70.9 Å². The number of pyridine rings is 1. The van der Waals surface area contributed by atoms with Gasteiger partial charge in [-0.1, -0.05) is 11.2 Å². The van der Waals surface area contributed by atoms with Gasteiger partial charge in [-0.25, -0.2) is 0 Å². The van der Waals surface area contributed by atoms with Crippen LogP contribution in [0.4, 0.5) is 0 Å².